The molecule has 1 heterocycles. The van der Waals surface area contributed by atoms with Gasteiger partial charge in [-0.25, -0.2) is 6.54 Å². The summed E-state index contributed by atoms with van der Waals surface area (Å²) in [5, 5.41) is 0. The van der Waals surface area contributed by atoms with Crippen LogP contribution < -0.4 is 4.90 Å². The predicted molar refractivity (Wildman–Crippen MR) is 182 cm³/mol. The van der Waals surface area contributed by atoms with Crippen LogP contribution in [0.4, 0.5) is 5.69 Å². The summed E-state index contributed by atoms with van der Waals surface area (Å²) >= 11 is 2.48. The maximum absolute atomic E-state index is 2.48. The Morgan fingerprint density at radius 1 is 0.683 bits per heavy atom. The van der Waals surface area contributed by atoms with Gasteiger partial charge in [-0.2, -0.15) is 6.42 Å². The Labute approximate surface area is 264 Å². The second-order valence-electron chi connectivity index (χ2n) is 13.3. The average Bonchev–Trinajstić information content (AvgIpc) is 3.54. The van der Waals surface area contributed by atoms with Crippen LogP contribution in [0.3, 0.4) is 0 Å². The van der Waals surface area contributed by atoms with E-state index in [2.05, 4.69) is 74.3 Å². The molecule has 0 bridgehead atoms. The third kappa shape index (κ3) is 10.4. The molecule has 6 rings (SSSR count). The van der Waals surface area contributed by atoms with Gasteiger partial charge < -0.3 is 4.90 Å². The van der Waals surface area contributed by atoms with Crippen LogP contribution in [0.15, 0.2) is 42.5 Å². The molecule has 3 aliphatic carbocycles. The van der Waals surface area contributed by atoms with Crippen LogP contribution in [0.2, 0.25) is 0 Å². The zero-order valence-electron chi connectivity index (χ0n) is 26.5. The zero-order chi connectivity index (χ0) is 28.9. The van der Waals surface area contributed by atoms with Crippen molar-refractivity contribution in [3.8, 4) is 0 Å². The van der Waals surface area contributed by atoms with Crippen molar-refractivity contribution in [3.63, 3.8) is 0 Å². The van der Waals surface area contributed by atoms with Gasteiger partial charge in [-0.1, -0.05) is 43.4 Å². The molecule has 2 aromatic carbocycles. The van der Waals surface area contributed by atoms with E-state index in [-0.39, 0.29) is 7.92 Å². The molecule has 0 radical (unpaired) electrons. The van der Waals surface area contributed by atoms with E-state index < -0.39 is 0 Å². The molecule has 0 aromatic heterocycles. The Morgan fingerprint density at radius 2 is 1.15 bits per heavy atom. The molecule has 2 aromatic rings. The Morgan fingerprint density at radius 3 is 1.51 bits per heavy atom. The van der Waals surface area contributed by atoms with Gasteiger partial charge in [0.15, 0.2) is 0 Å². The summed E-state index contributed by atoms with van der Waals surface area (Å²) in [7, 11) is -0.0465. The molecular formula is C38H58NPRu+. The van der Waals surface area contributed by atoms with Gasteiger partial charge in [-0.15, -0.1) is 0 Å². The molecule has 0 amide bonds. The van der Waals surface area contributed by atoms with E-state index in [1.54, 1.807) is 96.3 Å². The van der Waals surface area contributed by atoms with Gasteiger partial charge in [0, 0.05) is 13.6 Å². The minimum atomic E-state index is -0.0465. The summed E-state index contributed by atoms with van der Waals surface area (Å²) in [5.74, 6) is 0. The van der Waals surface area contributed by atoms with Gasteiger partial charge in [0.05, 0.1) is 17.0 Å². The third-order valence-electron chi connectivity index (χ3n) is 10.0. The van der Waals surface area contributed by atoms with Crippen molar-refractivity contribution in [1.82, 2.24) is 0 Å². The molecule has 227 valence electrons. The number of hydrogen-bond donors (Lipinski definition) is 0. The van der Waals surface area contributed by atoms with Crippen molar-refractivity contribution in [2.75, 3.05) is 11.4 Å². The normalized spacial score (nSPS) is 20.6. The summed E-state index contributed by atoms with van der Waals surface area (Å²) in [6.07, 6.45) is 26.3. The molecule has 0 spiro atoms. The maximum atomic E-state index is 2.48. The number of rotatable bonds is 5. The number of nitrogens with zero attached hydrogens (tertiary/aromatic N) is 1. The summed E-state index contributed by atoms with van der Waals surface area (Å²) in [6.45, 7) is 10.1. The first-order valence-corrected chi connectivity index (χ1v) is 19.8. The summed E-state index contributed by atoms with van der Waals surface area (Å²) in [6, 6.07) is 14.7. The van der Waals surface area contributed by atoms with Crippen LogP contribution in [0.5, 0.6) is 0 Å². The number of benzene rings is 2. The molecule has 0 N–H and O–H groups in total. The topological polar surface area (TPSA) is 3.24 Å². The van der Waals surface area contributed by atoms with Crippen molar-refractivity contribution >= 4 is 18.2 Å². The van der Waals surface area contributed by atoms with Crippen molar-refractivity contribution in [2.24, 2.45) is 0 Å². The molecule has 0 atom stereocenters. The standard InChI is InChI=1S/C18H33P.C13H18N.C7H6.Ru/c1-4-10-16(11-5-1)19(17-12-6-2-7-13-17)18-14-8-3-9-15-18;1-10-8-11(2)13(12(3)9-10)14-6-4-5-7-14;1-7-5-3-2-4-6-7;/h16-18H,1-15H2;6,8-9H,4-5,7H2,1-3H3;1-6H;/q;-1;;+1/p+1. The van der Waals surface area contributed by atoms with Gasteiger partial charge in [0.2, 0.25) is 0 Å². The Bertz CT molecular complexity index is 946. The van der Waals surface area contributed by atoms with Gasteiger partial charge in [0.25, 0.3) is 0 Å². The molecule has 0 unspecified atom stereocenters. The second kappa shape index (κ2) is 18.1. The van der Waals surface area contributed by atoms with Gasteiger partial charge >= 0.3 is 58.4 Å². The first-order valence-electron chi connectivity index (χ1n) is 17.1. The average molecular weight is 661 g/mol. The summed E-state index contributed by atoms with van der Waals surface area (Å²) in [5.41, 5.74) is 10.5. The minimum absolute atomic E-state index is 0.0465. The predicted octanol–water partition coefficient (Wildman–Crippen LogP) is 11.0. The van der Waals surface area contributed by atoms with Gasteiger partial charge in [-0.05, 0) is 115 Å². The van der Waals surface area contributed by atoms with E-state index in [9.17, 15) is 0 Å². The molecule has 4 fully saturated rings. The fraction of sp³-hybridized carbons (Fsp3) is 0.632. The fourth-order valence-electron chi connectivity index (χ4n) is 8.26. The second-order valence-corrected chi connectivity index (χ2v) is 17.2. The van der Waals surface area contributed by atoms with Crippen molar-refractivity contribution in [1.29, 1.82) is 0 Å². The Balaban J connectivity index is 0.000000154. The van der Waals surface area contributed by atoms with E-state index in [0.29, 0.717) is 0 Å². The monoisotopic (exact) mass is 661 g/mol. The van der Waals surface area contributed by atoms with Crippen LogP contribution in [-0.2, 0) is 17.9 Å². The van der Waals surface area contributed by atoms with E-state index in [1.807, 2.05) is 22.8 Å². The van der Waals surface area contributed by atoms with E-state index in [1.165, 1.54) is 64.3 Å². The first kappa shape index (κ1) is 33.1. The number of hydrogen-bond acceptors (Lipinski definition) is 1. The SMILES string of the molecule is C1CCC([PH+](C2CCCCC2)C2CCCCC2)CC1.Cc1cc(C)c(N2[CH-]CCC2)c(C)c1.[Ru+]=[CH]c1ccccc1. The van der Waals surface area contributed by atoms with E-state index in [0.717, 1.165) is 0 Å². The van der Waals surface area contributed by atoms with Crippen molar-refractivity contribution in [3.05, 3.63) is 71.3 Å². The molecule has 41 heavy (non-hydrogen) atoms. The van der Waals surface area contributed by atoms with Crippen LogP contribution in [0.1, 0.15) is 131 Å². The zero-order valence-corrected chi connectivity index (χ0v) is 29.2. The molecule has 1 aliphatic heterocycles. The van der Waals surface area contributed by atoms with E-state index >= 15 is 0 Å². The van der Waals surface area contributed by atoms with Crippen molar-refractivity contribution in [2.45, 2.75) is 147 Å². The van der Waals surface area contributed by atoms with Gasteiger partial charge in [0.1, 0.15) is 0 Å². The van der Waals surface area contributed by atoms with Crippen LogP contribution in [-0.4, -0.2) is 28.1 Å². The Hall–Kier alpha value is -0.837. The third-order valence-corrected chi connectivity index (χ3v) is 15.2. The molecule has 3 saturated carbocycles. The molecule has 1 saturated heterocycles. The molecule has 3 heteroatoms. The molecule has 1 nitrogen and oxygen atoms in total. The Kier molecular flexibility index (Phi) is 14.6. The number of aryl methyl sites for hydroxylation is 3. The van der Waals surface area contributed by atoms with Gasteiger partial charge in [-0.3, -0.25) is 0 Å². The van der Waals surface area contributed by atoms with Crippen LogP contribution >= 0.6 is 7.92 Å². The van der Waals surface area contributed by atoms with Crippen LogP contribution in [0.25, 0.3) is 0 Å². The van der Waals surface area contributed by atoms with E-state index in [4.69, 9.17) is 0 Å². The first-order chi connectivity index (χ1) is 20.1. The molecule has 4 aliphatic rings. The quantitative estimate of drug-likeness (QED) is 0.175. The number of anilines is 1. The summed E-state index contributed by atoms with van der Waals surface area (Å²) in [4.78, 5) is 2.41. The van der Waals surface area contributed by atoms with Crippen LogP contribution in [0, 0.1) is 27.3 Å². The molecular weight excluding hydrogens is 602 g/mol. The fourth-order valence-corrected chi connectivity index (χ4v) is 13.8. The summed E-state index contributed by atoms with van der Waals surface area (Å²) < 4.78 is 2.01. The van der Waals surface area contributed by atoms with Crippen molar-refractivity contribution < 1.29 is 17.9 Å².